The highest BCUT2D eigenvalue weighted by atomic mass is 79.9. The molecule has 1 N–H and O–H groups in total. The second-order valence-corrected chi connectivity index (χ2v) is 6.88. The predicted octanol–water partition coefficient (Wildman–Crippen LogP) is 4.86. The molecule has 0 unspecified atom stereocenters. The zero-order chi connectivity index (χ0) is 16.2. The summed E-state index contributed by atoms with van der Waals surface area (Å²) < 4.78 is 5.41. The van der Waals surface area contributed by atoms with E-state index in [1.54, 1.807) is 11.3 Å². The fourth-order valence-electron chi connectivity index (χ4n) is 3.05. The molecule has 0 atom stereocenters. The molecule has 0 saturated carbocycles. The van der Waals surface area contributed by atoms with Crippen molar-refractivity contribution in [3.05, 3.63) is 47.8 Å². The van der Waals surface area contributed by atoms with Gasteiger partial charge in [0, 0.05) is 37.3 Å². The molecule has 0 aliphatic carbocycles. The van der Waals surface area contributed by atoms with Gasteiger partial charge in [0.25, 0.3) is 0 Å². The number of hydrogen-bond acceptors (Lipinski definition) is 5. The molecule has 26 heavy (non-hydrogen) atoms. The van der Waals surface area contributed by atoms with E-state index < -0.39 is 0 Å². The van der Waals surface area contributed by atoms with Crippen molar-refractivity contribution >= 4 is 61.9 Å². The third kappa shape index (κ3) is 5.04. The van der Waals surface area contributed by atoms with Gasteiger partial charge in [0.2, 0.25) is 0 Å². The molecule has 0 amide bonds. The summed E-state index contributed by atoms with van der Waals surface area (Å²) in [5, 5.41) is 6.89. The molecule has 0 spiro atoms. The Bertz CT molecular complexity index is 808. The van der Waals surface area contributed by atoms with E-state index in [0.717, 1.165) is 56.3 Å². The van der Waals surface area contributed by atoms with Crippen LogP contribution >= 0.6 is 45.3 Å². The molecule has 4 nitrogen and oxygen atoms in total. The zero-order valence-electron chi connectivity index (χ0n) is 14.4. The molecule has 1 saturated heterocycles. The van der Waals surface area contributed by atoms with Gasteiger partial charge in [-0.15, -0.1) is 45.3 Å². The Morgan fingerprint density at radius 3 is 2.65 bits per heavy atom. The van der Waals surface area contributed by atoms with Crippen molar-refractivity contribution in [2.75, 3.05) is 44.7 Å². The molecular weight excluding hydrogens is 478 g/mol. The Balaban J connectivity index is 0.00000121. The van der Waals surface area contributed by atoms with Crippen molar-refractivity contribution in [1.29, 1.82) is 0 Å². The molecular formula is C19H23Br2N3OS. The van der Waals surface area contributed by atoms with Gasteiger partial charge in [-0.2, -0.15) is 0 Å². The number of thiophene rings is 1. The Morgan fingerprint density at radius 1 is 1.08 bits per heavy atom. The van der Waals surface area contributed by atoms with Crippen molar-refractivity contribution in [2.24, 2.45) is 0 Å². The summed E-state index contributed by atoms with van der Waals surface area (Å²) in [6.45, 7) is 5.71. The lowest BCUT2D eigenvalue weighted by Gasteiger charge is -2.26. The number of benzene rings is 1. The summed E-state index contributed by atoms with van der Waals surface area (Å²) in [6.07, 6.45) is 0. The quantitative estimate of drug-likeness (QED) is 0.542. The van der Waals surface area contributed by atoms with Crippen LogP contribution in [0.15, 0.2) is 47.8 Å². The average Bonchev–Trinajstić information content (AvgIpc) is 3.17. The minimum atomic E-state index is 0. The van der Waals surface area contributed by atoms with Crippen LogP contribution in [0.5, 0.6) is 0 Å². The van der Waals surface area contributed by atoms with E-state index in [9.17, 15) is 0 Å². The van der Waals surface area contributed by atoms with E-state index >= 15 is 0 Å². The molecule has 4 rings (SSSR count). The van der Waals surface area contributed by atoms with E-state index in [0.29, 0.717) is 0 Å². The smallest absolute Gasteiger partial charge is 0.0829 e. The predicted molar refractivity (Wildman–Crippen MR) is 121 cm³/mol. The number of pyridine rings is 1. The van der Waals surface area contributed by atoms with Crippen LogP contribution in [0.2, 0.25) is 0 Å². The lowest BCUT2D eigenvalue weighted by molar-refractivity contribution is 0.0398. The van der Waals surface area contributed by atoms with Gasteiger partial charge in [-0.1, -0.05) is 24.3 Å². The minimum absolute atomic E-state index is 0. The maximum atomic E-state index is 5.41. The molecule has 7 heteroatoms. The van der Waals surface area contributed by atoms with Gasteiger partial charge in [0.1, 0.15) is 0 Å². The summed E-state index contributed by atoms with van der Waals surface area (Å²) in [5.41, 5.74) is 3.24. The van der Waals surface area contributed by atoms with Crippen molar-refractivity contribution in [3.63, 3.8) is 0 Å². The van der Waals surface area contributed by atoms with Crippen LogP contribution in [0, 0.1) is 0 Å². The third-order valence-electron chi connectivity index (χ3n) is 4.34. The topological polar surface area (TPSA) is 37.4 Å². The van der Waals surface area contributed by atoms with E-state index in [1.165, 1.54) is 10.3 Å². The maximum Gasteiger partial charge on any atom is 0.0829 e. The number of rotatable bonds is 5. The van der Waals surface area contributed by atoms with Crippen LogP contribution in [0.1, 0.15) is 0 Å². The fraction of sp³-hybridized carbons (Fsp3) is 0.316. The largest absolute Gasteiger partial charge is 0.383 e. The molecule has 2 aromatic heterocycles. The van der Waals surface area contributed by atoms with E-state index in [2.05, 4.69) is 52.0 Å². The number of hydrogen-bond donors (Lipinski definition) is 1. The van der Waals surface area contributed by atoms with Gasteiger partial charge >= 0.3 is 0 Å². The SMILES string of the molecule is Br.Br.c1csc(-c2cc(NCCN3CCOCC3)c3ccccc3n2)c1. The summed E-state index contributed by atoms with van der Waals surface area (Å²) >= 11 is 1.73. The summed E-state index contributed by atoms with van der Waals surface area (Å²) in [6, 6.07) is 14.7. The van der Waals surface area contributed by atoms with Crippen LogP contribution in [-0.2, 0) is 4.74 Å². The van der Waals surface area contributed by atoms with Crippen molar-refractivity contribution in [1.82, 2.24) is 9.88 Å². The Kier molecular flexibility index (Phi) is 8.50. The van der Waals surface area contributed by atoms with E-state index in [1.807, 2.05) is 6.07 Å². The summed E-state index contributed by atoms with van der Waals surface area (Å²) in [7, 11) is 0. The Labute approximate surface area is 179 Å². The van der Waals surface area contributed by atoms with Crippen LogP contribution in [0.3, 0.4) is 0 Å². The molecule has 3 heterocycles. The number of aromatic nitrogens is 1. The maximum absolute atomic E-state index is 5.41. The number of para-hydroxylation sites is 1. The first-order valence-electron chi connectivity index (χ1n) is 8.38. The second-order valence-electron chi connectivity index (χ2n) is 5.93. The van der Waals surface area contributed by atoms with Gasteiger partial charge in [0.15, 0.2) is 0 Å². The van der Waals surface area contributed by atoms with Crippen molar-refractivity contribution < 1.29 is 4.74 Å². The van der Waals surface area contributed by atoms with Crippen LogP contribution < -0.4 is 5.32 Å². The first-order chi connectivity index (χ1) is 11.9. The number of anilines is 1. The molecule has 1 aliphatic rings. The van der Waals surface area contributed by atoms with Crippen LogP contribution in [0.25, 0.3) is 21.5 Å². The van der Waals surface area contributed by atoms with Gasteiger partial charge in [-0.25, -0.2) is 4.98 Å². The number of fused-ring (bicyclic) bond motifs is 1. The van der Waals surface area contributed by atoms with Crippen LogP contribution in [-0.4, -0.2) is 49.3 Å². The minimum Gasteiger partial charge on any atom is -0.383 e. The molecule has 140 valence electrons. The first-order valence-corrected chi connectivity index (χ1v) is 9.26. The monoisotopic (exact) mass is 499 g/mol. The lowest BCUT2D eigenvalue weighted by Crippen LogP contribution is -2.39. The Hall–Kier alpha value is -0.990. The standard InChI is InChI=1S/C19H21N3OS.2BrH/c1-2-5-16-15(4-1)17(14-18(21-16)19-6-3-13-24-19)20-7-8-22-9-11-23-12-10-22;;/h1-6,13-14H,7-12H2,(H,20,21);2*1H. The van der Waals surface area contributed by atoms with Crippen LogP contribution in [0.4, 0.5) is 5.69 Å². The van der Waals surface area contributed by atoms with Gasteiger partial charge in [-0.05, 0) is 23.6 Å². The number of morpholine rings is 1. The molecule has 3 aromatic rings. The highest BCUT2D eigenvalue weighted by Crippen LogP contribution is 2.30. The number of halogens is 2. The number of nitrogens with zero attached hydrogens (tertiary/aromatic N) is 2. The molecule has 1 aromatic carbocycles. The molecule has 0 radical (unpaired) electrons. The molecule has 0 bridgehead atoms. The highest BCUT2D eigenvalue weighted by molar-refractivity contribution is 8.93. The Morgan fingerprint density at radius 2 is 1.88 bits per heavy atom. The lowest BCUT2D eigenvalue weighted by atomic mass is 10.1. The number of ether oxygens (including phenoxy) is 1. The third-order valence-corrected chi connectivity index (χ3v) is 5.23. The second kappa shape index (κ2) is 10.4. The summed E-state index contributed by atoms with van der Waals surface area (Å²) in [4.78, 5) is 8.47. The van der Waals surface area contributed by atoms with Gasteiger partial charge in [-0.3, -0.25) is 4.90 Å². The molecule has 1 fully saturated rings. The fourth-order valence-corrected chi connectivity index (χ4v) is 3.73. The highest BCUT2D eigenvalue weighted by Gasteiger charge is 2.11. The van der Waals surface area contributed by atoms with E-state index in [4.69, 9.17) is 9.72 Å². The number of nitrogens with one attached hydrogen (secondary N) is 1. The van der Waals surface area contributed by atoms with Crippen molar-refractivity contribution in [3.8, 4) is 10.6 Å². The average molecular weight is 501 g/mol. The van der Waals surface area contributed by atoms with Crippen molar-refractivity contribution in [2.45, 2.75) is 0 Å². The van der Waals surface area contributed by atoms with E-state index in [-0.39, 0.29) is 34.0 Å². The summed E-state index contributed by atoms with van der Waals surface area (Å²) in [5.74, 6) is 0. The molecule has 1 aliphatic heterocycles. The van der Waals surface area contributed by atoms with Gasteiger partial charge < -0.3 is 10.1 Å². The first kappa shape index (κ1) is 21.3. The normalized spacial score (nSPS) is 14.5. The zero-order valence-corrected chi connectivity index (χ0v) is 18.6. The van der Waals surface area contributed by atoms with Gasteiger partial charge in [0.05, 0.1) is 29.3 Å².